The molecule has 0 aliphatic rings. The predicted octanol–water partition coefficient (Wildman–Crippen LogP) is 4.93. The molecule has 0 N–H and O–H groups in total. The summed E-state index contributed by atoms with van der Waals surface area (Å²) in [5.74, 6) is 1.48. The fourth-order valence-electron chi connectivity index (χ4n) is 3.50. The van der Waals surface area contributed by atoms with E-state index in [9.17, 15) is 4.79 Å². The number of aromatic nitrogens is 4. The number of fused-ring (bicyclic) bond motifs is 1. The molecular formula is C24H17BrN4O3. The van der Waals surface area contributed by atoms with Crippen molar-refractivity contribution >= 4 is 26.7 Å². The highest BCUT2D eigenvalue weighted by Gasteiger charge is 2.16. The van der Waals surface area contributed by atoms with Crippen molar-refractivity contribution in [2.45, 2.75) is 6.54 Å². The minimum Gasteiger partial charge on any atom is -0.497 e. The number of halogens is 1. The number of ether oxygens (including phenoxy) is 1. The molecule has 158 valence electrons. The van der Waals surface area contributed by atoms with Gasteiger partial charge in [-0.2, -0.15) is 10.1 Å². The van der Waals surface area contributed by atoms with Crippen LogP contribution in [0.2, 0.25) is 0 Å². The third kappa shape index (κ3) is 3.69. The molecule has 2 heterocycles. The lowest BCUT2D eigenvalue weighted by molar-refractivity contribution is 0.364. The Bertz CT molecular complexity index is 1480. The number of rotatable bonds is 5. The van der Waals surface area contributed by atoms with Crippen molar-refractivity contribution in [1.82, 2.24) is 19.9 Å². The molecule has 3 aromatic carbocycles. The minimum absolute atomic E-state index is 0.0598. The van der Waals surface area contributed by atoms with Gasteiger partial charge in [0.25, 0.3) is 5.56 Å². The van der Waals surface area contributed by atoms with Gasteiger partial charge in [0.1, 0.15) is 12.3 Å². The summed E-state index contributed by atoms with van der Waals surface area (Å²) in [4.78, 5) is 17.6. The van der Waals surface area contributed by atoms with E-state index in [-0.39, 0.29) is 12.1 Å². The van der Waals surface area contributed by atoms with Crippen molar-refractivity contribution < 1.29 is 9.26 Å². The van der Waals surface area contributed by atoms with E-state index in [1.54, 1.807) is 13.2 Å². The van der Waals surface area contributed by atoms with E-state index in [2.05, 4.69) is 31.2 Å². The molecule has 0 spiro atoms. The Balaban J connectivity index is 1.58. The van der Waals surface area contributed by atoms with Gasteiger partial charge in [-0.05, 0) is 42.5 Å². The second-order valence-electron chi connectivity index (χ2n) is 7.08. The molecular weight excluding hydrogens is 472 g/mol. The first-order chi connectivity index (χ1) is 15.6. The monoisotopic (exact) mass is 488 g/mol. The van der Waals surface area contributed by atoms with Gasteiger partial charge in [-0.3, -0.25) is 4.79 Å². The van der Waals surface area contributed by atoms with Gasteiger partial charge in [-0.25, -0.2) is 4.68 Å². The number of methoxy groups -OCH3 is 1. The fourth-order valence-corrected chi connectivity index (χ4v) is 3.97. The van der Waals surface area contributed by atoms with Gasteiger partial charge in [0.15, 0.2) is 0 Å². The summed E-state index contributed by atoms with van der Waals surface area (Å²) in [7, 11) is 1.62. The van der Waals surface area contributed by atoms with E-state index in [1.165, 1.54) is 4.68 Å². The van der Waals surface area contributed by atoms with Crippen LogP contribution in [0.4, 0.5) is 0 Å². The molecule has 5 aromatic rings. The highest BCUT2D eigenvalue weighted by atomic mass is 79.9. The van der Waals surface area contributed by atoms with Crippen LogP contribution in [0.3, 0.4) is 0 Å². The van der Waals surface area contributed by atoms with Crippen LogP contribution >= 0.6 is 15.9 Å². The molecule has 2 aromatic heterocycles. The van der Waals surface area contributed by atoms with Gasteiger partial charge in [0.05, 0.1) is 18.2 Å². The van der Waals surface area contributed by atoms with E-state index in [1.807, 2.05) is 66.7 Å². The van der Waals surface area contributed by atoms with Crippen LogP contribution in [0.1, 0.15) is 5.89 Å². The van der Waals surface area contributed by atoms with Crippen LogP contribution in [0, 0.1) is 0 Å². The summed E-state index contributed by atoms with van der Waals surface area (Å²) >= 11 is 3.50. The van der Waals surface area contributed by atoms with Gasteiger partial charge in [-0.1, -0.05) is 51.4 Å². The van der Waals surface area contributed by atoms with Crippen LogP contribution in [0.15, 0.2) is 86.6 Å². The zero-order chi connectivity index (χ0) is 22.1. The van der Waals surface area contributed by atoms with Crippen molar-refractivity contribution in [2.75, 3.05) is 7.11 Å². The lowest BCUT2D eigenvalue weighted by Crippen LogP contribution is -2.24. The van der Waals surface area contributed by atoms with Crippen LogP contribution in [-0.2, 0) is 6.54 Å². The third-order valence-corrected chi connectivity index (χ3v) is 5.79. The Labute approximate surface area is 191 Å². The van der Waals surface area contributed by atoms with Gasteiger partial charge >= 0.3 is 0 Å². The van der Waals surface area contributed by atoms with Gasteiger partial charge < -0.3 is 9.26 Å². The molecule has 7 nitrogen and oxygen atoms in total. The fraction of sp³-hybridized carbons (Fsp3) is 0.0833. The molecule has 0 amide bonds. The number of nitrogens with zero attached hydrogens (tertiary/aromatic N) is 4. The molecule has 0 saturated carbocycles. The Kier molecular flexibility index (Phi) is 5.28. The minimum atomic E-state index is -0.224. The molecule has 0 atom stereocenters. The molecule has 0 fully saturated rings. The summed E-state index contributed by atoms with van der Waals surface area (Å²) in [6, 6.07) is 22.6. The highest BCUT2D eigenvalue weighted by molar-refractivity contribution is 9.10. The molecule has 0 aliphatic carbocycles. The SMILES string of the molecule is COc1ccc(-c2nn(Cc3nc(-c4ccccc4Br)no3)c(=O)c3ccccc23)cc1. The lowest BCUT2D eigenvalue weighted by atomic mass is 10.0. The smallest absolute Gasteiger partial charge is 0.275 e. The van der Waals surface area contributed by atoms with Crippen molar-refractivity contribution in [3.05, 3.63) is 93.5 Å². The van der Waals surface area contributed by atoms with E-state index in [0.29, 0.717) is 22.8 Å². The maximum absolute atomic E-state index is 13.1. The summed E-state index contributed by atoms with van der Waals surface area (Å²) < 4.78 is 12.9. The van der Waals surface area contributed by atoms with Crippen molar-refractivity contribution in [3.63, 3.8) is 0 Å². The summed E-state index contributed by atoms with van der Waals surface area (Å²) in [5.41, 5.74) is 2.14. The number of hydrogen-bond donors (Lipinski definition) is 0. The second kappa shape index (κ2) is 8.39. The summed E-state index contributed by atoms with van der Waals surface area (Å²) in [5, 5.41) is 10.1. The Morgan fingerprint density at radius 1 is 0.969 bits per heavy atom. The average molecular weight is 489 g/mol. The number of benzene rings is 3. The standard InChI is InChI=1S/C24H17BrN4O3/c1-31-16-12-10-15(11-13-16)22-17-6-2-3-7-18(17)24(30)29(27-22)14-21-26-23(28-32-21)19-8-4-5-9-20(19)25/h2-13H,14H2,1H3. The predicted molar refractivity (Wildman–Crippen MR) is 125 cm³/mol. The highest BCUT2D eigenvalue weighted by Crippen LogP contribution is 2.27. The topological polar surface area (TPSA) is 83.0 Å². The van der Waals surface area contributed by atoms with E-state index in [0.717, 1.165) is 26.7 Å². The molecule has 0 bridgehead atoms. The van der Waals surface area contributed by atoms with Crippen molar-refractivity contribution in [2.24, 2.45) is 0 Å². The Hall–Kier alpha value is -3.78. The van der Waals surface area contributed by atoms with Crippen LogP contribution in [-0.4, -0.2) is 27.0 Å². The Morgan fingerprint density at radius 2 is 1.69 bits per heavy atom. The largest absolute Gasteiger partial charge is 0.497 e. The zero-order valence-corrected chi connectivity index (χ0v) is 18.6. The molecule has 0 unspecified atom stereocenters. The lowest BCUT2D eigenvalue weighted by Gasteiger charge is -2.10. The van der Waals surface area contributed by atoms with Gasteiger partial charge in [0, 0.05) is 21.0 Å². The van der Waals surface area contributed by atoms with E-state index < -0.39 is 0 Å². The van der Waals surface area contributed by atoms with Crippen molar-refractivity contribution in [1.29, 1.82) is 0 Å². The molecule has 32 heavy (non-hydrogen) atoms. The van der Waals surface area contributed by atoms with Crippen molar-refractivity contribution in [3.8, 4) is 28.4 Å². The summed E-state index contributed by atoms with van der Waals surface area (Å²) in [6.45, 7) is 0.0598. The van der Waals surface area contributed by atoms with E-state index in [4.69, 9.17) is 9.26 Å². The quantitative estimate of drug-likeness (QED) is 0.348. The molecule has 0 aliphatic heterocycles. The maximum Gasteiger partial charge on any atom is 0.275 e. The first-order valence-electron chi connectivity index (χ1n) is 9.86. The third-order valence-electron chi connectivity index (χ3n) is 5.10. The van der Waals surface area contributed by atoms with Crippen LogP contribution in [0.5, 0.6) is 5.75 Å². The average Bonchev–Trinajstić information content (AvgIpc) is 3.29. The molecule has 8 heteroatoms. The van der Waals surface area contributed by atoms with Gasteiger partial charge in [-0.15, -0.1) is 0 Å². The molecule has 0 saturated heterocycles. The number of hydrogen-bond acceptors (Lipinski definition) is 6. The Morgan fingerprint density at radius 3 is 2.44 bits per heavy atom. The maximum atomic E-state index is 13.1. The second-order valence-corrected chi connectivity index (χ2v) is 7.93. The van der Waals surface area contributed by atoms with E-state index >= 15 is 0 Å². The van der Waals surface area contributed by atoms with Crippen LogP contribution in [0.25, 0.3) is 33.4 Å². The van der Waals surface area contributed by atoms with Crippen LogP contribution < -0.4 is 10.3 Å². The molecule has 0 radical (unpaired) electrons. The van der Waals surface area contributed by atoms with Gasteiger partial charge in [0.2, 0.25) is 11.7 Å². The normalized spacial score (nSPS) is 11.1. The zero-order valence-electron chi connectivity index (χ0n) is 17.0. The molecule has 5 rings (SSSR count). The summed E-state index contributed by atoms with van der Waals surface area (Å²) in [6.07, 6.45) is 0. The first-order valence-corrected chi connectivity index (χ1v) is 10.6. The first kappa shape index (κ1) is 20.1.